The Balaban J connectivity index is 0.970. The van der Waals surface area contributed by atoms with E-state index >= 15 is 0 Å². The summed E-state index contributed by atoms with van der Waals surface area (Å²) in [6.45, 7) is 10.1. The number of nitrogen functional groups attached to an aromatic ring is 2. The highest BCUT2D eigenvalue weighted by molar-refractivity contribution is 7.91. The molecule has 0 saturated carbocycles. The standard InChI is InChI=1S/C50H68N2O10S2/c1-5-9-23-49(7-3)33-63(55,56)43-21-15-37(51)31-41(43)45(47(49)53)35-11-17-39(18-12-35)61-29-27-59-25-26-60-28-30-62-40-19-13-36(14-20-40)46-42-32-38(52)16-22-44(42)64(57,58)34-50(8-4,48(46)54)24-10-6-2/h11-22,31-32,45-48,53-54H,5-10,23-30,33-34,51-52H2,1-4H3/t45-,46?,47-,48+,49-,50+/m1/s1. The summed E-state index contributed by atoms with van der Waals surface area (Å²) in [6.07, 6.45) is 3.84. The quantitative estimate of drug-likeness (QED) is 0.0464. The minimum atomic E-state index is -3.68. The second kappa shape index (κ2) is 21.4. The van der Waals surface area contributed by atoms with Crippen molar-refractivity contribution >= 4 is 31.0 Å². The molecule has 6 atom stereocenters. The first-order valence-corrected chi connectivity index (χ1v) is 26.2. The van der Waals surface area contributed by atoms with E-state index in [1.165, 1.54) is 0 Å². The molecule has 12 nitrogen and oxygen atoms in total. The largest absolute Gasteiger partial charge is 0.491 e. The number of ether oxygens (including phenoxy) is 4. The first kappa shape index (κ1) is 49.3. The van der Waals surface area contributed by atoms with Crippen LogP contribution in [0.25, 0.3) is 0 Å². The SMILES string of the molecule is CCCC[C@]1(CC)CS(=O)(=O)c2ccc(N)cc2[C@@H](c2ccc(OCCOCCOCCOc3ccc(C4c5cc(N)ccc5S(=O)(=O)C[C@](CC)(CCCC)[C@H]4O)cc3)cc2)[C@H]1O. The normalized spacial score (nSPS) is 24.8. The number of unbranched alkanes of at least 4 members (excludes halogenated alkanes) is 2. The van der Waals surface area contributed by atoms with Crippen molar-refractivity contribution in [2.75, 3.05) is 62.6 Å². The lowest BCUT2D eigenvalue weighted by atomic mass is 9.69. The Kier molecular flexibility index (Phi) is 16.5. The van der Waals surface area contributed by atoms with E-state index in [1.54, 1.807) is 36.4 Å². The number of hydrogen-bond donors (Lipinski definition) is 4. The molecule has 2 aliphatic rings. The van der Waals surface area contributed by atoms with Crippen LogP contribution in [-0.4, -0.2) is 90.4 Å². The topological polar surface area (TPSA) is 198 Å². The third-order valence-corrected chi connectivity index (χ3v) is 17.6. The lowest BCUT2D eigenvalue weighted by Gasteiger charge is -2.39. The average molecular weight is 921 g/mol. The molecule has 6 N–H and O–H groups in total. The van der Waals surface area contributed by atoms with Crippen molar-refractivity contribution in [3.63, 3.8) is 0 Å². The predicted molar refractivity (Wildman–Crippen MR) is 252 cm³/mol. The Morgan fingerprint density at radius 1 is 0.547 bits per heavy atom. The van der Waals surface area contributed by atoms with E-state index in [9.17, 15) is 27.0 Å². The van der Waals surface area contributed by atoms with E-state index in [-0.39, 0.29) is 21.3 Å². The van der Waals surface area contributed by atoms with E-state index in [4.69, 9.17) is 30.4 Å². The summed E-state index contributed by atoms with van der Waals surface area (Å²) >= 11 is 0. The second-order valence-electron chi connectivity index (χ2n) is 17.7. The minimum Gasteiger partial charge on any atom is -0.491 e. The van der Waals surface area contributed by atoms with Crippen molar-refractivity contribution < 1.29 is 46.0 Å². The third kappa shape index (κ3) is 10.9. The fourth-order valence-electron chi connectivity index (χ4n) is 9.82. The van der Waals surface area contributed by atoms with Crippen LogP contribution in [0.4, 0.5) is 11.4 Å². The van der Waals surface area contributed by atoms with Gasteiger partial charge in [0.1, 0.15) is 24.7 Å². The molecule has 64 heavy (non-hydrogen) atoms. The van der Waals surface area contributed by atoms with Gasteiger partial charge in [0, 0.05) is 34.0 Å². The Morgan fingerprint density at radius 2 is 0.906 bits per heavy atom. The Morgan fingerprint density at radius 3 is 1.25 bits per heavy atom. The number of aliphatic hydroxyl groups excluding tert-OH is 2. The highest BCUT2D eigenvalue weighted by Crippen LogP contribution is 2.51. The van der Waals surface area contributed by atoms with Crippen molar-refractivity contribution in [3.05, 3.63) is 107 Å². The Hall–Kier alpha value is -4.18. The summed E-state index contributed by atoms with van der Waals surface area (Å²) in [5, 5.41) is 24.2. The zero-order chi connectivity index (χ0) is 46.1. The van der Waals surface area contributed by atoms with Crippen LogP contribution in [0.1, 0.15) is 113 Å². The number of rotatable bonds is 21. The smallest absolute Gasteiger partial charge is 0.179 e. The maximum absolute atomic E-state index is 13.8. The molecule has 4 aromatic carbocycles. The van der Waals surface area contributed by atoms with Crippen LogP contribution in [0.2, 0.25) is 0 Å². The highest BCUT2D eigenvalue weighted by Gasteiger charge is 2.50. The molecule has 0 amide bonds. The summed E-state index contributed by atoms with van der Waals surface area (Å²) in [6, 6.07) is 24.6. The predicted octanol–water partition coefficient (Wildman–Crippen LogP) is 8.08. The fourth-order valence-corrected chi connectivity index (χ4v) is 14.3. The number of hydrogen-bond acceptors (Lipinski definition) is 12. The van der Waals surface area contributed by atoms with Gasteiger partial charge in [0.2, 0.25) is 0 Å². The van der Waals surface area contributed by atoms with Gasteiger partial charge in [-0.1, -0.05) is 77.6 Å². The van der Waals surface area contributed by atoms with Gasteiger partial charge in [0.25, 0.3) is 0 Å². The molecule has 4 aromatic rings. The molecule has 6 rings (SSSR count). The van der Waals surface area contributed by atoms with Gasteiger partial charge in [0.05, 0.1) is 59.9 Å². The number of nitrogens with two attached hydrogens (primary N) is 2. The minimum absolute atomic E-state index is 0.112. The molecule has 0 spiro atoms. The van der Waals surface area contributed by atoms with Crippen molar-refractivity contribution in [2.45, 2.75) is 113 Å². The molecule has 0 aromatic heterocycles. The van der Waals surface area contributed by atoms with Gasteiger partial charge >= 0.3 is 0 Å². The lowest BCUT2D eigenvalue weighted by molar-refractivity contribution is 0.0173. The molecular weight excluding hydrogens is 853 g/mol. The highest BCUT2D eigenvalue weighted by atomic mass is 32.2. The second-order valence-corrected chi connectivity index (χ2v) is 21.6. The van der Waals surface area contributed by atoms with Gasteiger partial charge in [-0.05, 0) is 109 Å². The molecule has 0 aliphatic carbocycles. The van der Waals surface area contributed by atoms with Crippen molar-refractivity contribution in [2.24, 2.45) is 10.8 Å². The molecule has 0 saturated heterocycles. The number of anilines is 2. The molecule has 0 fully saturated rings. The molecular formula is C50H68N2O10S2. The van der Waals surface area contributed by atoms with Crippen molar-refractivity contribution in [1.29, 1.82) is 0 Å². The van der Waals surface area contributed by atoms with Crippen molar-refractivity contribution in [1.82, 2.24) is 0 Å². The maximum Gasteiger partial charge on any atom is 0.179 e. The summed E-state index contributed by atoms with van der Waals surface area (Å²) in [7, 11) is -7.36. The van der Waals surface area contributed by atoms with Crippen LogP contribution >= 0.6 is 0 Å². The van der Waals surface area contributed by atoms with Crippen LogP contribution in [0.15, 0.2) is 94.7 Å². The lowest BCUT2D eigenvalue weighted by Crippen LogP contribution is -2.42. The Labute approximate surface area is 380 Å². The van der Waals surface area contributed by atoms with Crippen LogP contribution in [-0.2, 0) is 29.1 Å². The van der Waals surface area contributed by atoms with E-state index in [1.807, 2.05) is 62.4 Å². The van der Waals surface area contributed by atoms with Gasteiger partial charge in [-0.15, -0.1) is 0 Å². The average Bonchev–Trinajstić information content (AvgIpc) is 3.39. The molecule has 350 valence electrons. The number of sulfone groups is 2. The number of fused-ring (bicyclic) bond motifs is 2. The Bertz CT molecular complexity index is 2210. The van der Waals surface area contributed by atoms with Gasteiger partial charge in [0.15, 0.2) is 19.7 Å². The van der Waals surface area contributed by atoms with E-state index < -0.39 is 54.5 Å². The van der Waals surface area contributed by atoms with Crippen molar-refractivity contribution in [3.8, 4) is 11.5 Å². The van der Waals surface area contributed by atoms with Gasteiger partial charge < -0.3 is 40.6 Å². The number of aliphatic hydroxyl groups is 2. The third-order valence-electron chi connectivity index (χ3n) is 13.6. The molecule has 0 bridgehead atoms. The summed E-state index contributed by atoms with van der Waals surface area (Å²) in [5.74, 6) is -0.137. The monoisotopic (exact) mass is 920 g/mol. The van der Waals surface area contributed by atoms with Crippen LogP contribution < -0.4 is 20.9 Å². The molecule has 0 radical (unpaired) electrons. The van der Waals surface area contributed by atoms with Crippen LogP contribution in [0.3, 0.4) is 0 Å². The zero-order valence-electron chi connectivity index (χ0n) is 37.8. The summed E-state index contributed by atoms with van der Waals surface area (Å²) in [5.41, 5.74) is 14.3. The molecule has 14 heteroatoms. The van der Waals surface area contributed by atoms with Crippen LogP contribution in [0, 0.1) is 10.8 Å². The molecule has 2 aliphatic heterocycles. The van der Waals surface area contributed by atoms with Crippen LogP contribution in [0.5, 0.6) is 11.5 Å². The maximum atomic E-state index is 13.8. The molecule has 2 heterocycles. The first-order chi connectivity index (χ1) is 30.6. The van der Waals surface area contributed by atoms with E-state index in [0.29, 0.717) is 99.3 Å². The van der Waals surface area contributed by atoms with Gasteiger partial charge in [-0.3, -0.25) is 0 Å². The summed E-state index contributed by atoms with van der Waals surface area (Å²) < 4.78 is 78.4. The van der Waals surface area contributed by atoms with E-state index in [0.717, 1.165) is 36.8 Å². The van der Waals surface area contributed by atoms with Gasteiger partial charge in [-0.2, -0.15) is 0 Å². The number of benzene rings is 4. The fraction of sp³-hybridized carbons (Fsp3) is 0.520. The first-order valence-electron chi connectivity index (χ1n) is 22.9. The molecule has 1 unspecified atom stereocenters. The van der Waals surface area contributed by atoms with Gasteiger partial charge in [-0.25, -0.2) is 16.8 Å². The van der Waals surface area contributed by atoms with E-state index in [2.05, 4.69) is 13.8 Å². The zero-order valence-corrected chi connectivity index (χ0v) is 39.5. The summed E-state index contributed by atoms with van der Waals surface area (Å²) in [4.78, 5) is 0.457.